The van der Waals surface area contributed by atoms with Gasteiger partial charge in [-0.05, 0) is 37.3 Å². The topological polar surface area (TPSA) is 44.5 Å². The van der Waals surface area contributed by atoms with Gasteiger partial charge in [0.2, 0.25) is 0 Å². The largest absolute Gasteiger partial charge is 0.493 e. The van der Waals surface area contributed by atoms with E-state index in [0.29, 0.717) is 16.6 Å². The molecule has 1 aliphatic rings. The lowest BCUT2D eigenvalue weighted by atomic mass is 10.0. The normalized spacial score (nSPS) is 17.1. The number of ether oxygens (including phenoxy) is 2. The summed E-state index contributed by atoms with van der Waals surface area (Å²) in [5.74, 6) is 1.41. The highest BCUT2D eigenvalue weighted by Gasteiger charge is 2.15. The van der Waals surface area contributed by atoms with Crippen molar-refractivity contribution >= 4 is 17.3 Å². The van der Waals surface area contributed by atoms with Crippen molar-refractivity contribution in [3.8, 4) is 5.75 Å². The molecule has 3 nitrogen and oxygen atoms in total. The number of anilines is 1. The van der Waals surface area contributed by atoms with E-state index in [4.69, 9.17) is 26.8 Å². The van der Waals surface area contributed by atoms with Gasteiger partial charge in [0.05, 0.1) is 17.3 Å². The minimum absolute atomic E-state index is 0.553. The molecule has 1 aromatic carbocycles. The van der Waals surface area contributed by atoms with Crippen LogP contribution in [0.1, 0.15) is 18.4 Å². The fourth-order valence-electron chi connectivity index (χ4n) is 1.96. The van der Waals surface area contributed by atoms with E-state index in [1.807, 2.05) is 13.0 Å². The van der Waals surface area contributed by atoms with Crippen molar-refractivity contribution in [2.24, 2.45) is 5.92 Å². The molecule has 0 radical (unpaired) electrons. The fraction of sp³-hybridized carbons (Fsp3) is 0.538. The highest BCUT2D eigenvalue weighted by Crippen LogP contribution is 2.29. The minimum Gasteiger partial charge on any atom is -0.493 e. The Hall–Kier alpha value is -0.930. The van der Waals surface area contributed by atoms with E-state index in [0.717, 1.165) is 44.0 Å². The number of rotatable bonds is 3. The van der Waals surface area contributed by atoms with E-state index >= 15 is 0 Å². The van der Waals surface area contributed by atoms with Crippen molar-refractivity contribution < 1.29 is 9.47 Å². The van der Waals surface area contributed by atoms with Crippen molar-refractivity contribution in [1.82, 2.24) is 0 Å². The molecule has 4 heteroatoms. The Morgan fingerprint density at radius 1 is 1.41 bits per heavy atom. The molecule has 17 heavy (non-hydrogen) atoms. The Morgan fingerprint density at radius 3 is 2.82 bits per heavy atom. The lowest BCUT2D eigenvalue weighted by molar-refractivity contribution is 0.0496. The van der Waals surface area contributed by atoms with Gasteiger partial charge in [0, 0.05) is 19.3 Å². The first-order valence-corrected chi connectivity index (χ1v) is 6.31. The van der Waals surface area contributed by atoms with E-state index in [1.54, 1.807) is 6.07 Å². The standard InChI is InChI=1S/C13H18ClNO2/c1-9-6-12(15)11(14)7-13(9)17-8-10-2-4-16-5-3-10/h6-7,10H,2-5,8,15H2,1H3. The van der Waals surface area contributed by atoms with Gasteiger partial charge in [-0.25, -0.2) is 0 Å². The molecule has 2 rings (SSSR count). The molecule has 0 atom stereocenters. The van der Waals surface area contributed by atoms with Gasteiger partial charge in [0.25, 0.3) is 0 Å². The quantitative estimate of drug-likeness (QED) is 0.845. The Labute approximate surface area is 107 Å². The molecule has 0 spiro atoms. The number of hydrogen-bond acceptors (Lipinski definition) is 3. The monoisotopic (exact) mass is 255 g/mol. The van der Waals surface area contributed by atoms with Crippen LogP contribution in [0.25, 0.3) is 0 Å². The van der Waals surface area contributed by atoms with Crippen LogP contribution in [-0.2, 0) is 4.74 Å². The second kappa shape index (κ2) is 5.61. The maximum absolute atomic E-state index is 5.98. The average Bonchev–Trinajstić information content (AvgIpc) is 2.33. The number of benzene rings is 1. The predicted molar refractivity (Wildman–Crippen MR) is 69.6 cm³/mol. The van der Waals surface area contributed by atoms with Crippen molar-refractivity contribution in [3.63, 3.8) is 0 Å². The van der Waals surface area contributed by atoms with Crippen LogP contribution in [0.2, 0.25) is 5.02 Å². The molecule has 0 aliphatic carbocycles. The zero-order valence-corrected chi connectivity index (χ0v) is 10.8. The van der Waals surface area contributed by atoms with Crippen LogP contribution in [-0.4, -0.2) is 19.8 Å². The Balaban J connectivity index is 1.96. The number of nitrogen functional groups attached to an aromatic ring is 1. The molecule has 1 aliphatic heterocycles. The Bertz CT molecular complexity index is 389. The molecule has 1 heterocycles. The predicted octanol–water partition coefficient (Wildman–Crippen LogP) is 3.04. The van der Waals surface area contributed by atoms with Crippen LogP contribution in [0, 0.1) is 12.8 Å². The van der Waals surface area contributed by atoms with Crippen molar-refractivity contribution in [1.29, 1.82) is 0 Å². The van der Waals surface area contributed by atoms with Gasteiger partial charge in [-0.15, -0.1) is 0 Å². The number of nitrogens with two attached hydrogens (primary N) is 1. The third-order valence-electron chi connectivity index (χ3n) is 3.11. The van der Waals surface area contributed by atoms with Crippen LogP contribution < -0.4 is 10.5 Å². The molecule has 0 bridgehead atoms. The van der Waals surface area contributed by atoms with Crippen LogP contribution in [0.5, 0.6) is 5.75 Å². The van der Waals surface area contributed by atoms with Gasteiger partial charge in [-0.2, -0.15) is 0 Å². The van der Waals surface area contributed by atoms with Gasteiger partial charge >= 0.3 is 0 Å². The SMILES string of the molecule is Cc1cc(N)c(Cl)cc1OCC1CCOCC1. The Morgan fingerprint density at radius 2 is 2.12 bits per heavy atom. The lowest BCUT2D eigenvalue weighted by Crippen LogP contribution is -2.21. The molecule has 1 aromatic rings. The maximum Gasteiger partial charge on any atom is 0.123 e. The van der Waals surface area contributed by atoms with Gasteiger partial charge in [0.1, 0.15) is 5.75 Å². The molecule has 0 saturated carbocycles. The molecule has 94 valence electrons. The first kappa shape index (κ1) is 12.5. The van der Waals surface area contributed by atoms with Gasteiger partial charge < -0.3 is 15.2 Å². The van der Waals surface area contributed by atoms with E-state index in [9.17, 15) is 0 Å². The minimum atomic E-state index is 0.553. The molecule has 1 fully saturated rings. The summed E-state index contributed by atoms with van der Waals surface area (Å²) in [6.07, 6.45) is 2.14. The third kappa shape index (κ3) is 3.27. The molecule has 1 saturated heterocycles. The second-order valence-corrected chi connectivity index (χ2v) is 4.91. The average molecular weight is 256 g/mol. The van der Waals surface area contributed by atoms with Crippen molar-refractivity contribution in [2.75, 3.05) is 25.6 Å². The van der Waals surface area contributed by atoms with Crippen LogP contribution >= 0.6 is 11.6 Å². The zero-order chi connectivity index (χ0) is 12.3. The summed E-state index contributed by atoms with van der Waals surface area (Å²) in [5.41, 5.74) is 7.35. The first-order valence-electron chi connectivity index (χ1n) is 5.93. The van der Waals surface area contributed by atoms with E-state index < -0.39 is 0 Å². The summed E-state index contributed by atoms with van der Waals surface area (Å²) in [6.45, 7) is 4.39. The van der Waals surface area contributed by atoms with Crippen molar-refractivity contribution in [2.45, 2.75) is 19.8 Å². The van der Waals surface area contributed by atoms with Crippen LogP contribution in [0.15, 0.2) is 12.1 Å². The highest BCUT2D eigenvalue weighted by molar-refractivity contribution is 6.33. The summed E-state index contributed by atoms with van der Waals surface area (Å²) in [7, 11) is 0. The summed E-state index contributed by atoms with van der Waals surface area (Å²) in [5, 5.41) is 0.553. The number of halogens is 1. The van der Waals surface area contributed by atoms with Gasteiger partial charge in [-0.1, -0.05) is 11.6 Å². The van der Waals surface area contributed by atoms with E-state index in [1.165, 1.54) is 0 Å². The molecule has 0 unspecified atom stereocenters. The Kier molecular flexibility index (Phi) is 4.13. The summed E-state index contributed by atoms with van der Waals surface area (Å²) < 4.78 is 11.1. The van der Waals surface area contributed by atoms with E-state index in [-0.39, 0.29) is 0 Å². The molecular formula is C13H18ClNO2. The summed E-state index contributed by atoms with van der Waals surface area (Å²) in [6, 6.07) is 3.65. The number of hydrogen-bond donors (Lipinski definition) is 1. The fourth-order valence-corrected chi connectivity index (χ4v) is 2.12. The number of aryl methyl sites for hydroxylation is 1. The lowest BCUT2D eigenvalue weighted by Gasteiger charge is -2.22. The smallest absolute Gasteiger partial charge is 0.123 e. The molecule has 0 aromatic heterocycles. The van der Waals surface area contributed by atoms with Gasteiger partial charge in [0.15, 0.2) is 0 Å². The van der Waals surface area contributed by atoms with Crippen LogP contribution in [0.3, 0.4) is 0 Å². The molecular weight excluding hydrogens is 238 g/mol. The third-order valence-corrected chi connectivity index (χ3v) is 3.44. The molecule has 2 N–H and O–H groups in total. The van der Waals surface area contributed by atoms with E-state index in [2.05, 4.69) is 0 Å². The highest BCUT2D eigenvalue weighted by atomic mass is 35.5. The second-order valence-electron chi connectivity index (χ2n) is 4.51. The van der Waals surface area contributed by atoms with Gasteiger partial charge in [-0.3, -0.25) is 0 Å². The van der Waals surface area contributed by atoms with Crippen LogP contribution in [0.4, 0.5) is 5.69 Å². The zero-order valence-electron chi connectivity index (χ0n) is 10.0. The summed E-state index contributed by atoms with van der Waals surface area (Å²) in [4.78, 5) is 0. The van der Waals surface area contributed by atoms with Crippen molar-refractivity contribution in [3.05, 3.63) is 22.7 Å². The molecule has 0 amide bonds. The summed E-state index contributed by atoms with van der Waals surface area (Å²) >= 11 is 5.98. The maximum atomic E-state index is 5.98. The first-order chi connectivity index (χ1) is 8.16.